The van der Waals surface area contributed by atoms with Crippen molar-refractivity contribution in [3.05, 3.63) is 35.4 Å². The number of halogens is 2. The molecule has 1 aromatic carbocycles. The first-order valence-electron chi connectivity index (χ1n) is 7.82. The highest BCUT2D eigenvalue weighted by molar-refractivity contribution is 5.24. The summed E-state index contributed by atoms with van der Waals surface area (Å²) < 4.78 is 27.5. The molecule has 20 heavy (non-hydrogen) atoms. The Morgan fingerprint density at radius 1 is 1.15 bits per heavy atom. The molecular weight excluding hydrogens is 256 g/mol. The van der Waals surface area contributed by atoms with Crippen LogP contribution in [0.2, 0.25) is 0 Å². The van der Waals surface area contributed by atoms with Crippen molar-refractivity contribution in [3.63, 3.8) is 0 Å². The van der Waals surface area contributed by atoms with Crippen LogP contribution in [0, 0.1) is 23.5 Å². The van der Waals surface area contributed by atoms with Crippen molar-refractivity contribution in [2.24, 2.45) is 11.8 Å². The zero-order chi connectivity index (χ0) is 14.1. The Balaban J connectivity index is 1.78. The van der Waals surface area contributed by atoms with E-state index in [9.17, 15) is 8.78 Å². The predicted octanol–water partition coefficient (Wildman–Crippen LogP) is 4.24. The zero-order valence-corrected chi connectivity index (χ0v) is 12.0. The van der Waals surface area contributed by atoms with Gasteiger partial charge in [-0.1, -0.05) is 13.3 Å². The molecule has 0 aromatic heterocycles. The van der Waals surface area contributed by atoms with Gasteiger partial charge in [0.1, 0.15) is 11.6 Å². The molecule has 1 N–H and O–H groups in total. The van der Waals surface area contributed by atoms with Crippen molar-refractivity contribution in [2.75, 3.05) is 6.54 Å². The Bertz CT molecular complexity index is 470. The van der Waals surface area contributed by atoms with Crippen LogP contribution in [0.3, 0.4) is 0 Å². The molecule has 0 amide bonds. The molecular formula is C17H23F2N. The number of rotatable bonds is 4. The van der Waals surface area contributed by atoms with Gasteiger partial charge >= 0.3 is 0 Å². The van der Waals surface area contributed by atoms with Gasteiger partial charge in [-0.25, -0.2) is 8.78 Å². The normalized spacial score (nSPS) is 30.4. The second kappa shape index (κ2) is 5.80. The van der Waals surface area contributed by atoms with Crippen LogP contribution in [-0.4, -0.2) is 12.6 Å². The molecule has 0 heterocycles. The highest BCUT2D eigenvalue weighted by atomic mass is 19.1. The number of nitrogens with one attached hydrogen (secondary N) is 1. The smallest absolute Gasteiger partial charge is 0.126 e. The van der Waals surface area contributed by atoms with Crippen LogP contribution in [0.5, 0.6) is 0 Å². The van der Waals surface area contributed by atoms with E-state index in [-0.39, 0.29) is 17.6 Å². The summed E-state index contributed by atoms with van der Waals surface area (Å²) in [6.45, 7) is 3.16. The van der Waals surface area contributed by atoms with Gasteiger partial charge in [-0.05, 0) is 73.7 Å². The molecule has 2 aliphatic carbocycles. The molecule has 2 fully saturated rings. The molecule has 1 aromatic rings. The average molecular weight is 279 g/mol. The second-order valence-corrected chi connectivity index (χ2v) is 6.63. The van der Waals surface area contributed by atoms with Crippen LogP contribution in [0.4, 0.5) is 8.78 Å². The monoisotopic (exact) mass is 279 g/mol. The fourth-order valence-electron chi connectivity index (χ4n) is 3.47. The van der Waals surface area contributed by atoms with Gasteiger partial charge in [-0.2, -0.15) is 0 Å². The Morgan fingerprint density at radius 3 is 2.70 bits per heavy atom. The van der Waals surface area contributed by atoms with E-state index in [2.05, 4.69) is 12.2 Å². The lowest BCUT2D eigenvalue weighted by molar-refractivity contribution is 0.237. The number of hydrogen-bond donors (Lipinski definition) is 1. The lowest BCUT2D eigenvalue weighted by atomic mass is 9.71. The Kier molecular flexibility index (Phi) is 4.06. The van der Waals surface area contributed by atoms with Gasteiger partial charge < -0.3 is 5.32 Å². The third kappa shape index (κ3) is 3.20. The summed E-state index contributed by atoms with van der Waals surface area (Å²) >= 11 is 0. The quantitative estimate of drug-likeness (QED) is 0.869. The summed E-state index contributed by atoms with van der Waals surface area (Å²) in [6.07, 6.45) is 5.81. The van der Waals surface area contributed by atoms with E-state index in [4.69, 9.17) is 0 Å². The maximum atomic E-state index is 14.1. The molecule has 0 spiro atoms. The molecule has 0 radical (unpaired) electrons. The van der Waals surface area contributed by atoms with Crippen LogP contribution in [0.25, 0.3) is 0 Å². The SMILES string of the molecule is CC1CCC(CNC2CC2)C(c2cc(F)ccc2F)C1. The maximum Gasteiger partial charge on any atom is 0.126 e. The Labute approximate surface area is 119 Å². The average Bonchev–Trinajstić information content (AvgIpc) is 3.24. The lowest BCUT2D eigenvalue weighted by Gasteiger charge is -2.35. The fourth-order valence-corrected chi connectivity index (χ4v) is 3.47. The van der Waals surface area contributed by atoms with E-state index in [1.54, 1.807) is 0 Å². The van der Waals surface area contributed by atoms with Crippen LogP contribution < -0.4 is 5.32 Å². The minimum Gasteiger partial charge on any atom is -0.314 e. The third-order valence-electron chi connectivity index (χ3n) is 4.86. The molecule has 0 aliphatic heterocycles. The highest BCUT2D eigenvalue weighted by Crippen LogP contribution is 2.41. The standard InChI is InChI=1S/C17H23F2N/c1-11-2-3-12(10-20-14-5-6-14)15(8-11)16-9-13(18)4-7-17(16)19/h4,7,9,11-12,14-15,20H,2-3,5-6,8,10H2,1H3. The first-order chi connectivity index (χ1) is 9.63. The van der Waals surface area contributed by atoms with Crippen molar-refractivity contribution in [3.8, 4) is 0 Å². The summed E-state index contributed by atoms with van der Waals surface area (Å²) in [5.41, 5.74) is 0.583. The molecule has 3 heteroatoms. The van der Waals surface area contributed by atoms with Crippen molar-refractivity contribution < 1.29 is 8.78 Å². The molecule has 2 aliphatic rings. The van der Waals surface area contributed by atoms with Crippen molar-refractivity contribution in [2.45, 2.75) is 51.0 Å². The molecule has 3 atom stereocenters. The van der Waals surface area contributed by atoms with Crippen molar-refractivity contribution >= 4 is 0 Å². The maximum absolute atomic E-state index is 14.1. The van der Waals surface area contributed by atoms with Crippen LogP contribution >= 0.6 is 0 Å². The van der Waals surface area contributed by atoms with E-state index in [0.717, 1.165) is 19.4 Å². The lowest BCUT2D eigenvalue weighted by Crippen LogP contribution is -2.33. The van der Waals surface area contributed by atoms with Crippen LogP contribution in [0.1, 0.15) is 50.5 Å². The third-order valence-corrected chi connectivity index (χ3v) is 4.86. The molecule has 2 saturated carbocycles. The minimum absolute atomic E-state index is 0.153. The second-order valence-electron chi connectivity index (χ2n) is 6.63. The van der Waals surface area contributed by atoms with Crippen LogP contribution in [0.15, 0.2) is 18.2 Å². The van der Waals surface area contributed by atoms with Gasteiger partial charge in [0, 0.05) is 6.04 Å². The molecule has 0 bridgehead atoms. The molecule has 0 saturated heterocycles. The zero-order valence-electron chi connectivity index (χ0n) is 12.0. The van der Waals surface area contributed by atoms with Crippen LogP contribution in [-0.2, 0) is 0 Å². The van der Waals surface area contributed by atoms with Gasteiger partial charge in [0.15, 0.2) is 0 Å². The van der Waals surface area contributed by atoms with Gasteiger partial charge in [0.2, 0.25) is 0 Å². The Morgan fingerprint density at radius 2 is 1.95 bits per heavy atom. The highest BCUT2D eigenvalue weighted by Gasteiger charge is 2.33. The van der Waals surface area contributed by atoms with Crippen molar-refractivity contribution in [1.82, 2.24) is 5.32 Å². The molecule has 3 unspecified atom stereocenters. The number of benzene rings is 1. The van der Waals surface area contributed by atoms with E-state index in [1.165, 1.54) is 37.5 Å². The minimum atomic E-state index is -0.325. The van der Waals surface area contributed by atoms with Gasteiger partial charge in [-0.3, -0.25) is 0 Å². The summed E-state index contributed by atoms with van der Waals surface area (Å²) in [4.78, 5) is 0. The topological polar surface area (TPSA) is 12.0 Å². The summed E-state index contributed by atoms with van der Waals surface area (Å²) in [5.74, 6) is 0.610. The fraction of sp³-hybridized carbons (Fsp3) is 0.647. The van der Waals surface area contributed by atoms with E-state index in [0.29, 0.717) is 23.4 Å². The summed E-state index contributed by atoms with van der Waals surface area (Å²) in [6, 6.07) is 4.56. The van der Waals surface area contributed by atoms with E-state index >= 15 is 0 Å². The van der Waals surface area contributed by atoms with Gasteiger partial charge in [0.25, 0.3) is 0 Å². The summed E-state index contributed by atoms with van der Waals surface area (Å²) in [7, 11) is 0. The Hall–Kier alpha value is -0.960. The first-order valence-corrected chi connectivity index (χ1v) is 7.82. The van der Waals surface area contributed by atoms with Gasteiger partial charge in [-0.15, -0.1) is 0 Å². The molecule has 110 valence electrons. The van der Waals surface area contributed by atoms with Crippen molar-refractivity contribution in [1.29, 1.82) is 0 Å². The molecule has 3 rings (SSSR count). The van der Waals surface area contributed by atoms with E-state index in [1.807, 2.05) is 0 Å². The first kappa shape index (κ1) is 14.0. The summed E-state index contributed by atoms with van der Waals surface area (Å²) in [5, 5.41) is 3.56. The molecule has 1 nitrogen and oxygen atoms in total. The van der Waals surface area contributed by atoms with Gasteiger partial charge in [0.05, 0.1) is 0 Å². The largest absolute Gasteiger partial charge is 0.314 e. The predicted molar refractivity (Wildman–Crippen MR) is 76.6 cm³/mol. The number of hydrogen-bond acceptors (Lipinski definition) is 1. The van der Waals surface area contributed by atoms with E-state index < -0.39 is 0 Å².